The van der Waals surface area contributed by atoms with Crippen molar-refractivity contribution < 1.29 is 14.4 Å². The molecule has 0 aromatic carbocycles. The summed E-state index contributed by atoms with van der Waals surface area (Å²) in [6.07, 6.45) is 1.72. The lowest BCUT2D eigenvalue weighted by Crippen LogP contribution is -2.11. The topological polar surface area (TPSA) is 75.4 Å². The summed E-state index contributed by atoms with van der Waals surface area (Å²) in [5.74, 6) is 0.999. The third-order valence-electron chi connectivity index (χ3n) is 1.71. The molecule has 0 aliphatic heterocycles. The lowest BCUT2D eigenvalue weighted by atomic mass is 10.2. The second-order valence-electron chi connectivity index (χ2n) is 3.05. The molecule has 2 N–H and O–H groups in total. The van der Waals surface area contributed by atoms with Crippen LogP contribution in [0.15, 0.2) is 10.6 Å². The third kappa shape index (κ3) is 3.57. The van der Waals surface area contributed by atoms with E-state index in [-0.39, 0.29) is 12.5 Å². The molecule has 0 bridgehead atoms. The van der Waals surface area contributed by atoms with Crippen molar-refractivity contribution in [2.45, 2.75) is 26.2 Å². The predicted molar refractivity (Wildman–Crippen MR) is 50.8 cm³/mol. The Morgan fingerprint density at radius 3 is 3.00 bits per heavy atom. The van der Waals surface area contributed by atoms with Gasteiger partial charge < -0.3 is 14.9 Å². The molecule has 0 aliphatic carbocycles. The number of hydrogen-bond acceptors (Lipinski definition) is 4. The molecule has 5 heteroatoms. The maximum atomic E-state index is 11.2. The van der Waals surface area contributed by atoms with E-state index in [1.807, 2.05) is 0 Å². The predicted octanol–water partition coefficient (Wildman–Crippen LogP) is 1.08. The summed E-state index contributed by atoms with van der Waals surface area (Å²) in [5, 5.41) is 14.7. The lowest BCUT2D eigenvalue weighted by Gasteiger charge is -1.99. The number of nitrogens with one attached hydrogen (secondary N) is 1. The number of carbonyl (C=O) groups excluding carboxylic acids is 1. The van der Waals surface area contributed by atoms with Gasteiger partial charge in [-0.15, -0.1) is 0 Å². The van der Waals surface area contributed by atoms with Crippen molar-refractivity contribution in [2.24, 2.45) is 0 Å². The van der Waals surface area contributed by atoms with Crippen molar-refractivity contribution in [3.8, 4) is 0 Å². The fourth-order valence-corrected chi connectivity index (χ4v) is 1.03. The fourth-order valence-electron chi connectivity index (χ4n) is 1.03. The largest absolute Gasteiger partial charge is 0.396 e. The summed E-state index contributed by atoms with van der Waals surface area (Å²) in [6.45, 7) is 1.88. The fraction of sp³-hybridized carbons (Fsp3) is 0.556. The van der Waals surface area contributed by atoms with Crippen LogP contribution >= 0.6 is 0 Å². The van der Waals surface area contributed by atoms with Gasteiger partial charge in [-0.2, -0.15) is 0 Å². The monoisotopic (exact) mass is 198 g/mol. The molecule has 0 spiro atoms. The van der Waals surface area contributed by atoms with E-state index in [0.717, 1.165) is 0 Å². The van der Waals surface area contributed by atoms with Crippen LogP contribution in [0.25, 0.3) is 0 Å². The molecule has 1 rings (SSSR count). The lowest BCUT2D eigenvalue weighted by molar-refractivity contribution is -0.116. The number of aliphatic hydroxyl groups excluding tert-OH is 1. The van der Waals surface area contributed by atoms with Gasteiger partial charge in [0, 0.05) is 19.1 Å². The van der Waals surface area contributed by atoms with E-state index in [0.29, 0.717) is 30.8 Å². The number of amides is 1. The maximum absolute atomic E-state index is 11.2. The van der Waals surface area contributed by atoms with E-state index in [1.54, 1.807) is 13.0 Å². The van der Waals surface area contributed by atoms with Crippen molar-refractivity contribution in [3.63, 3.8) is 0 Å². The normalized spacial score (nSPS) is 10.1. The second kappa shape index (κ2) is 5.39. The first kappa shape index (κ1) is 10.7. The zero-order valence-corrected chi connectivity index (χ0v) is 8.12. The van der Waals surface area contributed by atoms with E-state index in [2.05, 4.69) is 10.5 Å². The number of nitrogens with zero attached hydrogens (tertiary/aromatic N) is 1. The van der Waals surface area contributed by atoms with Crippen molar-refractivity contribution in [1.82, 2.24) is 5.16 Å². The number of rotatable bonds is 5. The molecule has 0 fully saturated rings. The first-order valence-corrected chi connectivity index (χ1v) is 4.56. The Morgan fingerprint density at radius 2 is 2.43 bits per heavy atom. The molecule has 1 aromatic rings. The summed E-state index contributed by atoms with van der Waals surface area (Å²) < 4.78 is 4.79. The van der Waals surface area contributed by atoms with Crippen LogP contribution in [0.1, 0.15) is 25.0 Å². The minimum absolute atomic E-state index is 0.105. The van der Waals surface area contributed by atoms with E-state index < -0.39 is 0 Å². The summed E-state index contributed by atoms with van der Waals surface area (Å²) in [6, 6.07) is 1.66. The van der Waals surface area contributed by atoms with Crippen LogP contribution < -0.4 is 5.32 Å². The van der Waals surface area contributed by atoms with Gasteiger partial charge in [-0.3, -0.25) is 4.79 Å². The van der Waals surface area contributed by atoms with Crippen molar-refractivity contribution >= 4 is 11.7 Å². The van der Waals surface area contributed by atoms with Crippen LogP contribution in [0, 0.1) is 6.92 Å². The van der Waals surface area contributed by atoms with Gasteiger partial charge in [0.2, 0.25) is 5.91 Å². The number of aryl methyl sites for hydroxylation is 1. The molecule has 0 unspecified atom stereocenters. The first-order chi connectivity index (χ1) is 6.72. The number of carbonyl (C=O) groups is 1. The molecule has 78 valence electrons. The minimum Gasteiger partial charge on any atom is -0.396 e. The SMILES string of the molecule is Cc1cc(NC(=O)CCCCO)no1. The highest BCUT2D eigenvalue weighted by atomic mass is 16.5. The molecule has 0 saturated carbocycles. The molecule has 1 heterocycles. The third-order valence-corrected chi connectivity index (χ3v) is 1.71. The summed E-state index contributed by atoms with van der Waals surface area (Å²) >= 11 is 0. The van der Waals surface area contributed by atoms with Gasteiger partial charge in [-0.25, -0.2) is 0 Å². The molecule has 14 heavy (non-hydrogen) atoms. The number of hydrogen-bond donors (Lipinski definition) is 2. The molecule has 0 atom stereocenters. The van der Waals surface area contributed by atoms with Crippen LogP contribution in [0.5, 0.6) is 0 Å². The van der Waals surface area contributed by atoms with Crippen LogP contribution in [0.3, 0.4) is 0 Å². The van der Waals surface area contributed by atoms with Crippen LogP contribution in [0.2, 0.25) is 0 Å². The Labute approximate surface area is 82.1 Å². The Kier molecular flexibility index (Phi) is 4.12. The number of unbranched alkanes of at least 4 members (excludes halogenated alkanes) is 1. The van der Waals surface area contributed by atoms with Crippen molar-refractivity contribution in [3.05, 3.63) is 11.8 Å². The minimum atomic E-state index is -0.105. The Hall–Kier alpha value is -1.36. The summed E-state index contributed by atoms with van der Waals surface area (Å²) in [5.41, 5.74) is 0. The van der Waals surface area contributed by atoms with Gasteiger partial charge in [0.15, 0.2) is 5.82 Å². The average Bonchev–Trinajstić information content (AvgIpc) is 2.52. The second-order valence-corrected chi connectivity index (χ2v) is 3.05. The standard InChI is InChI=1S/C9H14N2O3/c1-7-6-8(11-14-7)10-9(13)4-2-3-5-12/h6,12H,2-5H2,1H3,(H,10,11,13). The maximum Gasteiger partial charge on any atom is 0.225 e. The number of aliphatic hydroxyl groups is 1. The molecular weight excluding hydrogens is 184 g/mol. The van der Waals surface area contributed by atoms with Gasteiger partial charge in [0.1, 0.15) is 5.76 Å². The van der Waals surface area contributed by atoms with Gasteiger partial charge in [0.25, 0.3) is 0 Å². The highest BCUT2D eigenvalue weighted by Crippen LogP contribution is 2.07. The Bertz CT molecular complexity index is 296. The molecule has 1 amide bonds. The molecule has 5 nitrogen and oxygen atoms in total. The van der Waals surface area contributed by atoms with E-state index in [1.165, 1.54) is 0 Å². The quantitative estimate of drug-likeness (QED) is 0.694. The zero-order valence-electron chi connectivity index (χ0n) is 8.12. The van der Waals surface area contributed by atoms with Gasteiger partial charge in [-0.1, -0.05) is 5.16 Å². The molecule has 0 aliphatic rings. The number of aromatic nitrogens is 1. The van der Waals surface area contributed by atoms with E-state index >= 15 is 0 Å². The van der Waals surface area contributed by atoms with Crippen LogP contribution in [-0.2, 0) is 4.79 Å². The smallest absolute Gasteiger partial charge is 0.225 e. The van der Waals surface area contributed by atoms with Crippen molar-refractivity contribution in [1.29, 1.82) is 0 Å². The Balaban J connectivity index is 2.27. The molecule has 0 saturated heterocycles. The van der Waals surface area contributed by atoms with Crippen LogP contribution in [0.4, 0.5) is 5.82 Å². The number of anilines is 1. The van der Waals surface area contributed by atoms with Gasteiger partial charge in [-0.05, 0) is 19.8 Å². The average molecular weight is 198 g/mol. The summed E-state index contributed by atoms with van der Waals surface area (Å²) in [4.78, 5) is 11.2. The van der Waals surface area contributed by atoms with E-state index in [4.69, 9.17) is 9.63 Å². The molecule has 1 aromatic heterocycles. The summed E-state index contributed by atoms with van der Waals surface area (Å²) in [7, 11) is 0. The highest BCUT2D eigenvalue weighted by molar-refractivity contribution is 5.89. The van der Waals surface area contributed by atoms with Gasteiger partial charge >= 0.3 is 0 Å². The van der Waals surface area contributed by atoms with Crippen molar-refractivity contribution in [2.75, 3.05) is 11.9 Å². The highest BCUT2D eigenvalue weighted by Gasteiger charge is 2.05. The Morgan fingerprint density at radius 1 is 1.64 bits per heavy atom. The zero-order chi connectivity index (χ0) is 10.4. The molecular formula is C9H14N2O3. The molecule has 0 radical (unpaired) electrons. The van der Waals surface area contributed by atoms with Crippen LogP contribution in [-0.4, -0.2) is 22.8 Å². The van der Waals surface area contributed by atoms with Gasteiger partial charge in [0.05, 0.1) is 0 Å². The first-order valence-electron chi connectivity index (χ1n) is 4.56. The van der Waals surface area contributed by atoms with E-state index in [9.17, 15) is 4.79 Å².